The van der Waals surface area contributed by atoms with Gasteiger partial charge in [0.2, 0.25) is 11.8 Å². The number of methoxy groups -OCH3 is 1. The van der Waals surface area contributed by atoms with Gasteiger partial charge in [0.05, 0.1) is 20.0 Å². The van der Waals surface area contributed by atoms with Crippen molar-refractivity contribution in [3.05, 3.63) is 62.7 Å². The minimum Gasteiger partial charge on any atom is -0.466 e. The van der Waals surface area contributed by atoms with Crippen LogP contribution in [0.4, 0.5) is 11.4 Å². The number of amides is 2. The second-order valence-corrected chi connectivity index (χ2v) is 7.11. The van der Waals surface area contributed by atoms with E-state index in [9.17, 15) is 14.4 Å². The Morgan fingerprint density at radius 1 is 1.00 bits per heavy atom. The number of carbonyl (C=O) groups excluding carboxylic acids is 3. The van der Waals surface area contributed by atoms with Crippen LogP contribution in [0.5, 0.6) is 0 Å². The first-order valence-corrected chi connectivity index (χ1v) is 9.31. The first kappa shape index (κ1) is 19.1. The summed E-state index contributed by atoms with van der Waals surface area (Å²) in [4.78, 5) is 33.1. The lowest BCUT2D eigenvalue weighted by atomic mass is 10.0. The van der Waals surface area contributed by atoms with E-state index in [0.29, 0.717) is 12.8 Å². The van der Waals surface area contributed by atoms with Crippen LogP contribution in [-0.2, 0) is 32.0 Å². The first-order valence-electron chi connectivity index (χ1n) is 8.23. The van der Waals surface area contributed by atoms with Crippen LogP contribution in [0.25, 0.3) is 6.08 Å². The highest BCUT2D eigenvalue weighted by Crippen LogP contribution is 2.27. The SMILES string of the molecule is COC(=O)/C=C/c1cccc2c1CC(=O)N2.O=C1Cc2c(I)cccc2N1. The van der Waals surface area contributed by atoms with Crippen molar-refractivity contribution < 1.29 is 19.1 Å². The summed E-state index contributed by atoms with van der Waals surface area (Å²) < 4.78 is 5.67. The fourth-order valence-corrected chi connectivity index (χ4v) is 3.56. The van der Waals surface area contributed by atoms with Gasteiger partial charge in [0.25, 0.3) is 0 Å². The van der Waals surface area contributed by atoms with Gasteiger partial charge in [-0.1, -0.05) is 18.2 Å². The summed E-state index contributed by atoms with van der Waals surface area (Å²) in [5.41, 5.74) is 4.71. The van der Waals surface area contributed by atoms with E-state index in [1.165, 1.54) is 16.8 Å². The lowest BCUT2D eigenvalue weighted by Gasteiger charge is -2.01. The lowest BCUT2D eigenvalue weighted by Crippen LogP contribution is -2.03. The van der Waals surface area contributed by atoms with Crippen LogP contribution in [0.15, 0.2) is 42.5 Å². The van der Waals surface area contributed by atoms with Crippen molar-refractivity contribution in [2.75, 3.05) is 17.7 Å². The Morgan fingerprint density at radius 3 is 2.22 bits per heavy atom. The predicted molar refractivity (Wildman–Crippen MR) is 111 cm³/mol. The lowest BCUT2D eigenvalue weighted by molar-refractivity contribution is -0.134. The number of hydrogen-bond donors (Lipinski definition) is 2. The Kier molecular flexibility index (Phi) is 5.90. The van der Waals surface area contributed by atoms with Crippen molar-refractivity contribution in [2.45, 2.75) is 12.8 Å². The number of esters is 1. The average molecular weight is 476 g/mol. The Balaban J connectivity index is 0.000000166. The van der Waals surface area contributed by atoms with Crippen LogP contribution in [-0.4, -0.2) is 24.9 Å². The van der Waals surface area contributed by atoms with Crippen LogP contribution in [0.1, 0.15) is 16.7 Å². The molecule has 2 heterocycles. The van der Waals surface area contributed by atoms with E-state index in [-0.39, 0.29) is 11.8 Å². The predicted octanol–water partition coefficient (Wildman–Crippen LogP) is 3.15. The monoisotopic (exact) mass is 476 g/mol. The summed E-state index contributed by atoms with van der Waals surface area (Å²) >= 11 is 2.24. The minimum absolute atomic E-state index is 0.0195. The normalized spacial score (nSPS) is 14.0. The van der Waals surface area contributed by atoms with E-state index in [1.54, 1.807) is 6.08 Å². The van der Waals surface area contributed by atoms with E-state index in [2.05, 4.69) is 38.0 Å². The molecule has 6 nitrogen and oxygen atoms in total. The first-order chi connectivity index (χ1) is 13.0. The highest BCUT2D eigenvalue weighted by Gasteiger charge is 2.19. The molecule has 0 radical (unpaired) electrons. The maximum absolute atomic E-state index is 11.2. The summed E-state index contributed by atoms with van der Waals surface area (Å²) in [5.74, 6) is -0.326. The van der Waals surface area contributed by atoms with Gasteiger partial charge in [-0.05, 0) is 63.6 Å². The molecule has 0 aromatic heterocycles. The topological polar surface area (TPSA) is 84.5 Å². The molecule has 0 bridgehead atoms. The fourth-order valence-electron chi connectivity index (χ4n) is 2.87. The van der Waals surface area contributed by atoms with Gasteiger partial charge in [0, 0.05) is 21.0 Å². The number of rotatable bonds is 2. The average Bonchev–Trinajstić information content (AvgIpc) is 3.22. The molecule has 0 unspecified atom stereocenters. The zero-order chi connectivity index (χ0) is 19.4. The van der Waals surface area contributed by atoms with Crippen LogP contribution in [0.3, 0.4) is 0 Å². The smallest absolute Gasteiger partial charge is 0.330 e. The summed E-state index contributed by atoms with van der Waals surface area (Å²) in [6.07, 6.45) is 3.90. The fraction of sp³-hybridized carbons (Fsp3) is 0.150. The molecule has 2 aromatic carbocycles. The molecule has 2 aliphatic rings. The van der Waals surface area contributed by atoms with Crippen molar-refractivity contribution in [1.82, 2.24) is 0 Å². The summed E-state index contributed by atoms with van der Waals surface area (Å²) in [5, 5.41) is 5.54. The molecule has 0 saturated heterocycles. The Hall–Kier alpha value is -2.68. The number of benzene rings is 2. The third-order valence-electron chi connectivity index (χ3n) is 4.15. The van der Waals surface area contributed by atoms with Gasteiger partial charge >= 0.3 is 5.97 Å². The number of anilines is 2. The third-order valence-corrected chi connectivity index (χ3v) is 5.16. The molecular weight excluding hydrogens is 459 g/mol. The van der Waals surface area contributed by atoms with Crippen molar-refractivity contribution in [2.24, 2.45) is 0 Å². The van der Waals surface area contributed by atoms with E-state index in [0.717, 1.165) is 28.1 Å². The van der Waals surface area contributed by atoms with E-state index in [1.807, 2.05) is 36.4 Å². The standard InChI is InChI=1S/C12H11NO3.C8H6INO/c1-16-12(15)6-5-8-3-2-4-10-9(8)7-11(14)13-10;9-6-2-1-3-7-5(6)4-8(11)10-7/h2-6H,7H2,1H3,(H,13,14);1-3H,4H2,(H,10,11)/b6-5+;. The minimum atomic E-state index is -0.408. The molecule has 2 aromatic rings. The maximum Gasteiger partial charge on any atom is 0.330 e. The molecule has 2 aliphatic heterocycles. The molecule has 2 N–H and O–H groups in total. The third kappa shape index (κ3) is 4.54. The number of ether oxygens (including phenoxy) is 1. The molecule has 0 atom stereocenters. The molecule has 27 heavy (non-hydrogen) atoms. The molecule has 0 fully saturated rings. The van der Waals surface area contributed by atoms with Crippen molar-refractivity contribution in [3.8, 4) is 0 Å². The second-order valence-electron chi connectivity index (χ2n) is 5.95. The summed E-state index contributed by atoms with van der Waals surface area (Å²) in [7, 11) is 1.33. The van der Waals surface area contributed by atoms with Gasteiger partial charge in [0.15, 0.2) is 0 Å². The van der Waals surface area contributed by atoms with E-state index < -0.39 is 5.97 Å². The molecule has 4 rings (SSSR count). The summed E-state index contributed by atoms with van der Waals surface area (Å²) in [6.45, 7) is 0. The second kappa shape index (κ2) is 8.34. The van der Waals surface area contributed by atoms with Crippen LogP contribution in [0, 0.1) is 3.57 Å². The van der Waals surface area contributed by atoms with Gasteiger partial charge in [0.1, 0.15) is 0 Å². The van der Waals surface area contributed by atoms with Crippen LogP contribution < -0.4 is 10.6 Å². The molecular formula is C20H17IN2O4. The van der Waals surface area contributed by atoms with Crippen LogP contribution >= 0.6 is 22.6 Å². The Morgan fingerprint density at radius 2 is 1.59 bits per heavy atom. The number of nitrogens with one attached hydrogen (secondary N) is 2. The largest absolute Gasteiger partial charge is 0.466 e. The van der Waals surface area contributed by atoms with Crippen molar-refractivity contribution in [3.63, 3.8) is 0 Å². The zero-order valence-corrected chi connectivity index (χ0v) is 16.7. The van der Waals surface area contributed by atoms with Crippen LogP contribution in [0.2, 0.25) is 0 Å². The molecule has 0 aliphatic carbocycles. The number of fused-ring (bicyclic) bond motifs is 2. The Labute approximate surface area is 170 Å². The molecule has 7 heteroatoms. The molecule has 138 valence electrons. The van der Waals surface area contributed by atoms with Gasteiger partial charge in [-0.2, -0.15) is 0 Å². The molecule has 0 spiro atoms. The Bertz CT molecular complexity index is 953. The van der Waals surface area contributed by atoms with E-state index >= 15 is 0 Å². The van der Waals surface area contributed by atoms with Gasteiger partial charge in [-0.3, -0.25) is 9.59 Å². The maximum atomic E-state index is 11.2. The van der Waals surface area contributed by atoms with Gasteiger partial charge in [-0.15, -0.1) is 0 Å². The molecule has 0 saturated carbocycles. The van der Waals surface area contributed by atoms with Gasteiger partial charge in [-0.25, -0.2) is 4.79 Å². The number of halogens is 1. The quantitative estimate of drug-likeness (QED) is 0.397. The van der Waals surface area contributed by atoms with Crippen molar-refractivity contribution >= 4 is 57.8 Å². The summed E-state index contributed by atoms with van der Waals surface area (Å²) in [6, 6.07) is 11.4. The van der Waals surface area contributed by atoms with Gasteiger partial charge < -0.3 is 15.4 Å². The number of carbonyl (C=O) groups is 3. The highest BCUT2D eigenvalue weighted by molar-refractivity contribution is 14.1. The zero-order valence-electron chi connectivity index (χ0n) is 14.5. The number of hydrogen-bond acceptors (Lipinski definition) is 4. The van der Waals surface area contributed by atoms with E-state index in [4.69, 9.17) is 0 Å². The highest BCUT2D eigenvalue weighted by atomic mass is 127. The van der Waals surface area contributed by atoms with Crippen molar-refractivity contribution in [1.29, 1.82) is 0 Å². The molecule has 2 amide bonds.